The predicted octanol–water partition coefficient (Wildman–Crippen LogP) is -0.259. The predicted molar refractivity (Wildman–Crippen MR) is 58.9 cm³/mol. The average molecular weight is 268 g/mol. The van der Waals surface area contributed by atoms with Gasteiger partial charge in [0.25, 0.3) is 0 Å². The molecule has 0 aliphatic carbocycles. The Hall–Kier alpha value is -2.24. The third-order valence-electron chi connectivity index (χ3n) is 2.10. The number of primary sulfonamides is 1. The van der Waals surface area contributed by atoms with Crippen LogP contribution in [0.1, 0.15) is 10.4 Å². The van der Waals surface area contributed by atoms with Crippen molar-refractivity contribution >= 4 is 21.8 Å². The molecule has 0 spiro atoms. The zero-order valence-electron chi connectivity index (χ0n) is 8.90. The van der Waals surface area contributed by atoms with Crippen molar-refractivity contribution in [2.24, 2.45) is 11.1 Å². The van der Waals surface area contributed by atoms with E-state index < -0.39 is 38.2 Å². The lowest BCUT2D eigenvalue weighted by Gasteiger charge is -2.07. The van der Waals surface area contributed by atoms with Crippen molar-refractivity contribution < 1.29 is 23.1 Å². The van der Waals surface area contributed by atoms with Crippen LogP contribution in [0.5, 0.6) is 0 Å². The van der Waals surface area contributed by atoms with Gasteiger partial charge in [-0.3, -0.25) is 9.59 Å². The molecule has 94 valence electrons. The van der Waals surface area contributed by atoms with Crippen LogP contribution >= 0.6 is 0 Å². The maximum Gasteiger partial charge on any atom is 0.329 e. The topological polar surface area (TPSA) is 138 Å². The third kappa shape index (κ3) is 2.71. The Balaban J connectivity index is 3.40. The van der Waals surface area contributed by atoms with Gasteiger partial charge in [0.05, 0.1) is 11.0 Å². The van der Waals surface area contributed by atoms with E-state index >= 15 is 0 Å². The first kappa shape index (κ1) is 13.8. The van der Waals surface area contributed by atoms with E-state index in [0.717, 1.165) is 12.1 Å². The SMILES string of the molecule is N#CC(C(=O)O)C(=O)c1ccccc1S(N)(=O)=O. The summed E-state index contributed by atoms with van der Waals surface area (Å²) in [7, 11) is -4.17. The Bertz CT molecular complexity index is 644. The van der Waals surface area contributed by atoms with Gasteiger partial charge in [-0.05, 0) is 12.1 Å². The van der Waals surface area contributed by atoms with E-state index in [4.69, 9.17) is 15.5 Å². The molecule has 0 saturated carbocycles. The Kier molecular flexibility index (Phi) is 3.80. The summed E-state index contributed by atoms with van der Waals surface area (Å²) in [5, 5.41) is 22.2. The van der Waals surface area contributed by atoms with Gasteiger partial charge < -0.3 is 5.11 Å². The standard InChI is InChI=1S/C10H8N2O5S/c11-5-7(10(14)15)9(13)6-3-1-2-4-8(6)18(12,16)17/h1-4,7H,(H,14,15)(H2,12,16,17). The van der Waals surface area contributed by atoms with E-state index in [9.17, 15) is 18.0 Å². The van der Waals surface area contributed by atoms with Gasteiger partial charge in [-0.2, -0.15) is 5.26 Å². The number of nitrogens with zero attached hydrogens (tertiary/aromatic N) is 1. The summed E-state index contributed by atoms with van der Waals surface area (Å²) in [6.07, 6.45) is 0. The largest absolute Gasteiger partial charge is 0.480 e. The Labute approximate surface area is 103 Å². The van der Waals surface area contributed by atoms with E-state index in [0.29, 0.717) is 0 Å². The van der Waals surface area contributed by atoms with Gasteiger partial charge in [0, 0.05) is 5.56 Å². The Morgan fingerprint density at radius 3 is 2.33 bits per heavy atom. The number of hydrogen-bond acceptors (Lipinski definition) is 5. The van der Waals surface area contributed by atoms with Crippen LogP contribution in [0.2, 0.25) is 0 Å². The molecule has 0 radical (unpaired) electrons. The summed E-state index contributed by atoms with van der Waals surface area (Å²) in [6.45, 7) is 0. The molecular formula is C10H8N2O5S. The van der Waals surface area contributed by atoms with Crippen LogP contribution < -0.4 is 5.14 Å². The zero-order chi connectivity index (χ0) is 13.9. The second kappa shape index (κ2) is 4.95. The van der Waals surface area contributed by atoms with Crippen molar-refractivity contribution in [2.75, 3.05) is 0 Å². The lowest BCUT2D eigenvalue weighted by Crippen LogP contribution is -2.25. The molecule has 1 atom stereocenters. The quantitative estimate of drug-likeness (QED) is 0.569. The summed E-state index contributed by atoms with van der Waals surface area (Å²) in [5.74, 6) is -4.73. The second-order valence-corrected chi connectivity index (χ2v) is 4.84. The second-order valence-electron chi connectivity index (χ2n) is 3.31. The number of carbonyl (C=O) groups is 2. The molecule has 8 heteroatoms. The highest BCUT2D eigenvalue weighted by atomic mass is 32.2. The Morgan fingerprint density at radius 2 is 1.89 bits per heavy atom. The zero-order valence-corrected chi connectivity index (χ0v) is 9.72. The van der Waals surface area contributed by atoms with Crippen molar-refractivity contribution in [3.63, 3.8) is 0 Å². The van der Waals surface area contributed by atoms with Crippen LogP contribution in [0.15, 0.2) is 29.2 Å². The van der Waals surface area contributed by atoms with E-state index in [1.165, 1.54) is 18.2 Å². The number of nitrogens with two attached hydrogens (primary N) is 1. The van der Waals surface area contributed by atoms with Gasteiger partial charge in [0.1, 0.15) is 0 Å². The minimum atomic E-state index is -4.17. The monoisotopic (exact) mass is 268 g/mol. The summed E-state index contributed by atoms with van der Waals surface area (Å²) in [6, 6.07) is 6.15. The normalized spacial score (nSPS) is 12.4. The van der Waals surface area contributed by atoms with Gasteiger partial charge in [0.2, 0.25) is 15.9 Å². The maximum atomic E-state index is 11.8. The number of rotatable bonds is 4. The van der Waals surface area contributed by atoms with E-state index in [1.807, 2.05) is 0 Å². The summed E-state index contributed by atoms with van der Waals surface area (Å²) in [5.41, 5.74) is -0.408. The highest BCUT2D eigenvalue weighted by Gasteiger charge is 2.30. The highest BCUT2D eigenvalue weighted by Crippen LogP contribution is 2.18. The molecule has 18 heavy (non-hydrogen) atoms. The smallest absolute Gasteiger partial charge is 0.329 e. The van der Waals surface area contributed by atoms with Crippen molar-refractivity contribution in [2.45, 2.75) is 4.90 Å². The number of benzene rings is 1. The average Bonchev–Trinajstić information content (AvgIpc) is 2.28. The van der Waals surface area contributed by atoms with Gasteiger partial charge >= 0.3 is 5.97 Å². The number of hydrogen-bond donors (Lipinski definition) is 2. The first-order valence-corrected chi connectivity index (χ1v) is 6.12. The molecule has 0 fully saturated rings. The van der Waals surface area contributed by atoms with E-state index in [2.05, 4.69) is 0 Å². The van der Waals surface area contributed by atoms with Crippen molar-refractivity contribution in [1.29, 1.82) is 5.26 Å². The van der Waals surface area contributed by atoms with Gasteiger partial charge in [-0.25, -0.2) is 13.6 Å². The number of nitriles is 1. The van der Waals surface area contributed by atoms with Crippen LogP contribution in [-0.2, 0) is 14.8 Å². The first-order chi connectivity index (χ1) is 8.29. The molecule has 0 aliphatic heterocycles. The van der Waals surface area contributed by atoms with Crippen LogP contribution in [0.4, 0.5) is 0 Å². The van der Waals surface area contributed by atoms with Crippen molar-refractivity contribution in [1.82, 2.24) is 0 Å². The van der Waals surface area contributed by atoms with Crippen LogP contribution in [0, 0.1) is 17.2 Å². The third-order valence-corrected chi connectivity index (χ3v) is 3.07. The van der Waals surface area contributed by atoms with Gasteiger partial charge in [0.15, 0.2) is 5.78 Å². The number of carboxylic acids is 1. The molecule has 1 aromatic rings. The van der Waals surface area contributed by atoms with E-state index in [1.54, 1.807) is 0 Å². The lowest BCUT2D eigenvalue weighted by atomic mass is 9.99. The fourth-order valence-corrected chi connectivity index (χ4v) is 2.04. The fraction of sp³-hybridized carbons (Fsp3) is 0.100. The molecule has 0 heterocycles. The number of sulfonamides is 1. The number of ketones is 1. The Morgan fingerprint density at radius 1 is 1.33 bits per heavy atom. The lowest BCUT2D eigenvalue weighted by molar-refractivity contribution is -0.138. The molecule has 1 aromatic carbocycles. The molecular weight excluding hydrogens is 260 g/mol. The van der Waals surface area contributed by atoms with Gasteiger partial charge in [-0.15, -0.1) is 0 Å². The molecule has 1 rings (SSSR count). The number of carboxylic acid groups (broad SMARTS) is 1. The van der Waals surface area contributed by atoms with Crippen molar-refractivity contribution in [3.05, 3.63) is 29.8 Å². The molecule has 0 saturated heterocycles. The van der Waals surface area contributed by atoms with Crippen LogP contribution in [-0.4, -0.2) is 25.3 Å². The molecule has 1 unspecified atom stereocenters. The highest BCUT2D eigenvalue weighted by molar-refractivity contribution is 7.89. The van der Waals surface area contributed by atoms with E-state index in [-0.39, 0.29) is 0 Å². The molecule has 0 aliphatic rings. The van der Waals surface area contributed by atoms with Crippen LogP contribution in [0.3, 0.4) is 0 Å². The summed E-state index contributed by atoms with van der Waals surface area (Å²) in [4.78, 5) is 21.9. The maximum absolute atomic E-state index is 11.8. The first-order valence-electron chi connectivity index (χ1n) is 4.57. The summed E-state index contributed by atoms with van der Waals surface area (Å²) < 4.78 is 22.5. The number of aliphatic carboxylic acids is 1. The molecule has 0 bridgehead atoms. The molecule has 3 N–H and O–H groups in total. The molecule has 0 amide bonds. The number of Topliss-reactive ketones (excluding diaryl/α,β-unsaturated/α-hetero) is 1. The molecule has 7 nitrogen and oxygen atoms in total. The summed E-state index contributed by atoms with van der Waals surface area (Å²) >= 11 is 0. The minimum absolute atomic E-state index is 0.408. The fourth-order valence-electron chi connectivity index (χ4n) is 1.30. The molecule has 0 aromatic heterocycles. The van der Waals surface area contributed by atoms with Crippen molar-refractivity contribution in [3.8, 4) is 6.07 Å². The minimum Gasteiger partial charge on any atom is -0.480 e. The number of carbonyl (C=O) groups excluding carboxylic acids is 1. The van der Waals surface area contributed by atoms with Crippen LogP contribution in [0.25, 0.3) is 0 Å². The van der Waals surface area contributed by atoms with Gasteiger partial charge in [-0.1, -0.05) is 12.1 Å².